The van der Waals surface area contributed by atoms with Gasteiger partial charge in [0.25, 0.3) is 0 Å². The number of anilines is 4. The number of hydrogen-bond acceptors (Lipinski definition) is 7. The third kappa shape index (κ3) is 5.82. The second-order valence-electron chi connectivity index (χ2n) is 9.05. The zero-order valence-corrected chi connectivity index (χ0v) is 21.1. The van der Waals surface area contributed by atoms with E-state index in [2.05, 4.69) is 59.5 Å². The maximum absolute atomic E-state index is 6.11. The van der Waals surface area contributed by atoms with E-state index in [-0.39, 0.29) is 12.2 Å². The first kappa shape index (κ1) is 23.0. The monoisotopic (exact) mass is 492 g/mol. The lowest BCUT2D eigenvalue weighted by Crippen LogP contribution is -2.58. The van der Waals surface area contributed by atoms with Crippen molar-refractivity contribution in [3.8, 4) is 0 Å². The Hall–Kier alpha value is -2.78. The number of thiazole rings is 2. The number of ether oxygens (including phenoxy) is 1. The van der Waals surface area contributed by atoms with Gasteiger partial charge in [-0.3, -0.25) is 0 Å². The molecule has 1 aliphatic heterocycles. The molecule has 176 valence electrons. The highest BCUT2D eigenvalue weighted by Crippen LogP contribution is 2.30. The standard InChI is InChI=1S/C26H30N5OS2/c1-19-13-31(14-20(2)32-19,15-23-17-33-25(29-23)27-21-9-5-3-6-10-21)16-24-18-34-26(30-24)28-22-11-7-4-8-12-22/h3-12,17-20H,13-16H2,1-2H3,(H,27,29)(H,28,30)/q+1/t19-,20-/m1/s1. The van der Waals surface area contributed by atoms with Gasteiger partial charge in [-0.2, -0.15) is 0 Å². The van der Waals surface area contributed by atoms with Crippen molar-refractivity contribution in [3.05, 3.63) is 82.8 Å². The van der Waals surface area contributed by atoms with Gasteiger partial charge in [0.15, 0.2) is 10.3 Å². The smallest absolute Gasteiger partial charge is 0.187 e. The first-order valence-corrected chi connectivity index (χ1v) is 13.3. The molecular weight excluding hydrogens is 462 g/mol. The number of quaternary nitrogens is 1. The van der Waals surface area contributed by atoms with Crippen molar-refractivity contribution in [2.75, 3.05) is 23.7 Å². The molecule has 2 N–H and O–H groups in total. The van der Waals surface area contributed by atoms with E-state index in [1.54, 1.807) is 22.7 Å². The molecule has 0 amide bonds. The Balaban J connectivity index is 1.33. The summed E-state index contributed by atoms with van der Waals surface area (Å²) in [6, 6.07) is 20.4. The van der Waals surface area contributed by atoms with E-state index in [1.165, 1.54) is 0 Å². The van der Waals surface area contributed by atoms with Gasteiger partial charge in [0, 0.05) is 22.1 Å². The quantitative estimate of drug-likeness (QED) is 0.278. The molecule has 1 saturated heterocycles. The van der Waals surface area contributed by atoms with E-state index < -0.39 is 0 Å². The molecule has 8 heteroatoms. The summed E-state index contributed by atoms with van der Waals surface area (Å²) in [7, 11) is 0. The van der Waals surface area contributed by atoms with Crippen LogP contribution in [0, 0.1) is 0 Å². The van der Waals surface area contributed by atoms with Crippen LogP contribution in [-0.2, 0) is 17.8 Å². The second-order valence-corrected chi connectivity index (χ2v) is 10.8. The molecule has 0 saturated carbocycles. The van der Waals surface area contributed by atoms with Gasteiger partial charge in [0.2, 0.25) is 0 Å². The molecule has 0 spiro atoms. The lowest BCUT2D eigenvalue weighted by atomic mass is 10.1. The Morgan fingerprint density at radius 3 is 1.65 bits per heavy atom. The van der Waals surface area contributed by atoms with Crippen molar-refractivity contribution < 1.29 is 9.22 Å². The number of hydrogen-bond donors (Lipinski definition) is 2. The summed E-state index contributed by atoms with van der Waals surface area (Å²) in [5.41, 5.74) is 4.34. The topological polar surface area (TPSA) is 59.1 Å². The van der Waals surface area contributed by atoms with E-state index in [0.29, 0.717) is 0 Å². The number of benzene rings is 2. The Bertz CT molecular complexity index is 1100. The number of nitrogens with zero attached hydrogens (tertiary/aromatic N) is 3. The fourth-order valence-corrected chi connectivity index (χ4v) is 6.26. The van der Waals surface area contributed by atoms with Crippen molar-refractivity contribution in [2.24, 2.45) is 0 Å². The van der Waals surface area contributed by atoms with Gasteiger partial charge < -0.3 is 19.9 Å². The fraction of sp³-hybridized carbons (Fsp3) is 0.308. The van der Waals surface area contributed by atoms with Crippen LogP contribution < -0.4 is 10.6 Å². The summed E-state index contributed by atoms with van der Waals surface area (Å²) in [4.78, 5) is 9.84. The zero-order chi connectivity index (χ0) is 23.4. The molecule has 6 nitrogen and oxygen atoms in total. The number of para-hydroxylation sites is 2. The van der Waals surface area contributed by atoms with Crippen LogP contribution in [0.5, 0.6) is 0 Å². The molecule has 5 rings (SSSR count). The first-order valence-electron chi connectivity index (χ1n) is 11.6. The van der Waals surface area contributed by atoms with Gasteiger partial charge in [-0.15, -0.1) is 22.7 Å². The SMILES string of the molecule is C[C@@H]1C[N+](Cc2csc(Nc3ccccc3)n2)(Cc2csc(Nc3ccccc3)n2)C[C@@H](C)O1. The third-order valence-electron chi connectivity index (χ3n) is 5.90. The molecular formula is C26H30N5OS2+. The molecule has 4 aromatic rings. The molecule has 0 radical (unpaired) electrons. The average Bonchev–Trinajstić information content (AvgIpc) is 3.43. The predicted octanol–water partition coefficient (Wildman–Crippen LogP) is 6.41. The second kappa shape index (κ2) is 10.2. The minimum absolute atomic E-state index is 0.199. The normalized spacial score (nSPS) is 19.6. The van der Waals surface area contributed by atoms with Crippen molar-refractivity contribution in [1.29, 1.82) is 0 Å². The number of aromatic nitrogens is 2. The molecule has 34 heavy (non-hydrogen) atoms. The summed E-state index contributed by atoms with van der Waals surface area (Å²) in [5, 5.41) is 13.1. The molecule has 0 unspecified atom stereocenters. The minimum atomic E-state index is 0.199. The van der Waals surface area contributed by atoms with Gasteiger partial charge in [0.1, 0.15) is 49.8 Å². The van der Waals surface area contributed by atoms with Gasteiger partial charge in [-0.05, 0) is 38.1 Å². The van der Waals surface area contributed by atoms with Gasteiger partial charge in [-0.25, -0.2) is 9.97 Å². The zero-order valence-electron chi connectivity index (χ0n) is 19.5. The molecule has 2 aromatic heterocycles. The highest BCUT2D eigenvalue weighted by atomic mass is 32.1. The summed E-state index contributed by atoms with van der Waals surface area (Å²) < 4.78 is 7.00. The first-order chi connectivity index (χ1) is 16.6. The molecule has 0 bridgehead atoms. The fourth-order valence-electron chi connectivity index (χ4n) is 4.81. The Kier molecular flexibility index (Phi) is 6.92. The molecule has 2 atom stereocenters. The highest BCUT2D eigenvalue weighted by Gasteiger charge is 2.39. The summed E-state index contributed by atoms with van der Waals surface area (Å²) in [5.74, 6) is 0. The van der Waals surface area contributed by atoms with E-state index in [4.69, 9.17) is 14.7 Å². The number of morpholine rings is 1. The van der Waals surface area contributed by atoms with Gasteiger partial charge in [-0.1, -0.05) is 36.4 Å². The molecule has 1 fully saturated rings. The summed E-state index contributed by atoms with van der Waals surface area (Å²) in [6.07, 6.45) is 0.398. The molecule has 3 heterocycles. The lowest BCUT2D eigenvalue weighted by molar-refractivity contribution is -0.966. The van der Waals surface area contributed by atoms with E-state index in [9.17, 15) is 0 Å². The van der Waals surface area contributed by atoms with Crippen molar-refractivity contribution in [2.45, 2.75) is 39.1 Å². The van der Waals surface area contributed by atoms with E-state index >= 15 is 0 Å². The Labute approximate surface area is 208 Å². The van der Waals surface area contributed by atoms with Crippen molar-refractivity contribution in [1.82, 2.24) is 9.97 Å². The minimum Gasteiger partial charge on any atom is -0.364 e. The van der Waals surface area contributed by atoms with Crippen LogP contribution in [0.1, 0.15) is 25.2 Å². The maximum atomic E-state index is 6.11. The van der Waals surface area contributed by atoms with Crippen LogP contribution in [0.15, 0.2) is 71.4 Å². The largest absolute Gasteiger partial charge is 0.364 e. The molecule has 1 aliphatic rings. The molecule has 2 aromatic carbocycles. The van der Waals surface area contributed by atoms with Crippen LogP contribution in [0.4, 0.5) is 21.6 Å². The van der Waals surface area contributed by atoms with E-state index in [1.807, 2.05) is 36.4 Å². The maximum Gasteiger partial charge on any atom is 0.187 e. The van der Waals surface area contributed by atoms with Gasteiger partial charge >= 0.3 is 0 Å². The van der Waals surface area contributed by atoms with Crippen LogP contribution in [0.2, 0.25) is 0 Å². The van der Waals surface area contributed by atoms with Crippen LogP contribution in [0.3, 0.4) is 0 Å². The molecule has 0 aliphatic carbocycles. The summed E-state index contributed by atoms with van der Waals surface area (Å²) >= 11 is 3.32. The Morgan fingerprint density at radius 1 is 0.765 bits per heavy atom. The predicted molar refractivity (Wildman–Crippen MR) is 141 cm³/mol. The van der Waals surface area contributed by atoms with Crippen LogP contribution >= 0.6 is 22.7 Å². The Morgan fingerprint density at radius 2 is 1.21 bits per heavy atom. The van der Waals surface area contributed by atoms with Crippen molar-refractivity contribution in [3.63, 3.8) is 0 Å². The number of nitrogens with one attached hydrogen (secondary N) is 2. The van der Waals surface area contributed by atoms with Crippen LogP contribution in [-0.4, -0.2) is 39.7 Å². The number of rotatable bonds is 8. The average molecular weight is 493 g/mol. The van der Waals surface area contributed by atoms with Crippen molar-refractivity contribution >= 4 is 44.3 Å². The third-order valence-corrected chi connectivity index (χ3v) is 7.51. The van der Waals surface area contributed by atoms with Gasteiger partial charge in [0.05, 0.1) is 0 Å². The summed E-state index contributed by atoms with van der Waals surface area (Å²) in [6.45, 7) is 7.98. The lowest BCUT2D eigenvalue weighted by Gasteiger charge is -2.45. The van der Waals surface area contributed by atoms with Crippen LogP contribution in [0.25, 0.3) is 0 Å². The highest BCUT2D eigenvalue weighted by molar-refractivity contribution is 7.14. The van der Waals surface area contributed by atoms with E-state index in [0.717, 1.165) is 63.7 Å².